The zero-order chi connectivity index (χ0) is 23.8. The zero-order valence-corrected chi connectivity index (χ0v) is 19.6. The van der Waals surface area contributed by atoms with Gasteiger partial charge >= 0.3 is 12.1 Å². The fraction of sp³-hybridized carbons (Fsp3) is 0.783. The van der Waals surface area contributed by atoms with Crippen LogP contribution in [-0.2, 0) is 19.1 Å². The fourth-order valence-electron chi connectivity index (χ4n) is 5.58. The van der Waals surface area contributed by atoms with Crippen LogP contribution in [0.1, 0.15) is 65.2 Å². The topological polar surface area (TPSA) is 116 Å². The predicted octanol–water partition coefficient (Wildman–Crippen LogP) is 1.87. The minimum atomic E-state index is -0.664. The number of barbiturate groups is 1. The van der Waals surface area contributed by atoms with Crippen LogP contribution in [0.15, 0.2) is 0 Å². The lowest BCUT2D eigenvalue weighted by molar-refractivity contribution is -0.144. The lowest BCUT2D eigenvalue weighted by atomic mass is 9.72. The van der Waals surface area contributed by atoms with E-state index >= 15 is 0 Å². The van der Waals surface area contributed by atoms with Gasteiger partial charge in [-0.25, -0.2) is 9.59 Å². The molecule has 1 saturated carbocycles. The number of rotatable bonds is 6. The Hall–Kier alpha value is -2.49. The van der Waals surface area contributed by atoms with Crippen LogP contribution >= 0.6 is 0 Å². The molecule has 0 bridgehead atoms. The summed E-state index contributed by atoms with van der Waals surface area (Å²) in [4.78, 5) is 66.9. The van der Waals surface area contributed by atoms with Gasteiger partial charge in [-0.1, -0.05) is 20.3 Å². The number of amides is 7. The highest BCUT2D eigenvalue weighted by Crippen LogP contribution is 2.41. The second-order valence-corrected chi connectivity index (χ2v) is 10.4. The SMILES string of the molecule is CCCCN1C(=O)CC(=O)N(C2CCC(C)(CN3CC4(CCOC4)C(=O)NC3=O)CC2)C1=O. The molecule has 4 rings (SSSR count). The van der Waals surface area contributed by atoms with Crippen LogP contribution < -0.4 is 5.32 Å². The van der Waals surface area contributed by atoms with E-state index in [9.17, 15) is 24.0 Å². The van der Waals surface area contributed by atoms with Crippen LogP contribution in [0.3, 0.4) is 0 Å². The van der Waals surface area contributed by atoms with E-state index in [-0.39, 0.29) is 29.8 Å². The Labute approximate surface area is 193 Å². The van der Waals surface area contributed by atoms with E-state index in [1.807, 2.05) is 6.92 Å². The summed E-state index contributed by atoms with van der Waals surface area (Å²) < 4.78 is 5.45. The van der Waals surface area contributed by atoms with Crippen LogP contribution in [0.4, 0.5) is 9.59 Å². The molecule has 1 atom stereocenters. The number of unbranched alkanes of at least 4 members (excludes halogenated alkanes) is 1. The van der Waals surface area contributed by atoms with E-state index in [4.69, 9.17) is 4.74 Å². The molecule has 182 valence electrons. The second kappa shape index (κ2) is 9.04. The van der Waals surface area contributed by atoms with Crippen molar-refractivity contribution in [2.45, 2.75) is 71.3 Å². The minimum absolute atomic E-state index is 0.186. The molecular formula is C23H34N4O6. The lowest BCUT2D eigenvalue weighted by Crippen LogP contribution is -2.62. The fourth-order valence-corrected chi connectivity index (χ4v) is 5.58. The van der Waals surface area contributed by atoms with Crippen LogP contribution in [0, 0.1) is 10.8 Å². The van der Waals surface area contributed by atoms with E-state index in [1.165, 1.54) is 9.80 Å². The van der Waals surface area contributed by atoms with Crippen LogP contribution in [0.2, 0.25) is 0 Å². The van der Waals surface area contributed by atoms with E-state index in [1.54, 1.807) is 4.90 Å². The van der Waals surface area contributed by atoms with Crippen molar-refractivity contribution < 1.29 is 28.7 Å². The van der Waals surface area contributed by atoms with E-state index in [0.29, 0.717) is 52.1 Å². The maximum absolute atomic E-state index is 13.0. The van der Waals surface area contributed by atoms with Crippen molar-refractivity contribution >= 4 is 29.8 Å². The van der Waals surface area contributed by atoms with Crippen molar-refractivity contribution in [3.05, 3.63) is 0 Å². The maximum Gasteiger partial charge on any atom is 0.333 e. The first-order chi connectivity index (χ1) is 15.7. The Kier molecular flexibility index (Phi) is 6.48. The van der Waals surface area contributed by atoms with Gasteiger partial charge in [0.05, 0.1) is 12.0 Å². The number of carbonyl (C=O) groups is 5. The summed E-state index contributed by atoms with van der Waals surface area (Å²) in [7, 11) is 0. The molecule has 3 aliphatic heterocycles. The van der Waals surface area contributed by atoms with Crippen LogP contribution in [-0.4, -0.2) is 83.4 Å². The average molecular weight is 463 g/mol. The highest BCUT2D eigenvalue weighted by Gasteiger charge is 2.50. The van der Waals surface area contributed by atoms with Crippen molar-refractivity contribution in [3.8, 4) is 0 Å². The summed E-state index contributed by atoms with van der Waals surface area (Å²) >= 11 is 0. The summed E-state index contributed by atoms with van der Waals surface area (Å²) in [5.41, 5.74) is -0.850. The molecule has 4 aliphatic rings. The van der Waals surface area contributed by atoms with E-state index in [2.05, 4.69) is 12.2 Å². The Morgan fingerprint density at radius 2 is 1.79 bits per heavy atom. The average Bonchev–Trinajstić information content (AvgIpc) is 3.23. The van der Waals surface area contributed by atoms with E-state index in [0.717, 1.165) is 25.7 Å². The molecule has 1 spiro atoms. The zero-order valence-electron chi connectivity index (χ0n) is 19.6. The van der Waals surface area contributed by atoms with Gasteiger partial charge in [-0.15, -0.1) is 0 Å². The first kappa shape index (κ1) is 23.7. The molecule has 0 aromatic heterocycles. The van der Waals surface area contributed by atoms with Gasteiger partial charge in [-0.05, 0) is 43.9 Å². The maximum atomic E-state index is 13.0. The van der Waals surface area contributed by atoms with Crippen molar-refractivity contribution in [3.63, 3.8) is 0 Å². The third kappa shape index (κ3) is 4.49. The van der Waals surface area contributed by atoms with Crippen LogP contribution in [0.25, 0.3) is 0 Å². The molecule has 3 saturated heterocycles. The Balaban J connectivity index is 1.39. The number of urea groups is 2. The molecule has 10 nitrogen and oxygen atoms in total. The summed E-state index contributed by atoms with van der Waals surface area (Å²) in [6, 6.07) is -1.09. The number of hydrogen-bond acceptors (Lipinski definition) is 6. The molecule has 0 radical (unpaired) electrons. The highest BCUT2D eigenvalue weighted by molar-refractivity contribution is 6.14. The molecule has 1 N–H and O–H groups in total. The van der Waals surface area contributed by atoms with Gasteiger partial charge in [0.2, 0.25) is 17.7 Å². The van der Waals surface area contributed by atoms with Crippen molar-refractivity contribution in [1.82, 2.24) is 20.0 Å². The summed E-state index contributed by atoms with van der Waals surface area (Å²) in [6.45, 7) is 6.15. The van der Waals surface area contributed by atoms with E-state index < -0.39 is 23.3 Å². The molecule has 3 heterocycles. The largest absolute Gasteiger partial charge is 0.380 e. The lowest BCUT2D eigenvalue weighted by Gasteiger charge is -2.46. The van der Waals surface area contributed by atoms with Gasteiger partial charge < -0.3 is 9.64 Å². The molecule has 4 fully saturated rings. The van der Waals surface area contributed by atoms with Gasteiger partial charge in [0.1, 0.15) is 6.42 Å². The molecule has 10 heteroatoms. The molecule has 1 aliphatic carbocycles. The molecule has 0 aromatic carbocycles. The normalized spacial score (nSPS) is 33.3. The number of carbonyl (C=O) groups excluding carboxylic acids is 5. The van der Waals surface area contributed by atoms with Gasteiger partial charge in [-0.2, -0.15) is 0 Å². The Morgan fingerprint density at radius 1 is 1.06 bits per heavy atom. The predicted molar refractivity (Wildman–Crippen MR) is 117 cm³/mol. The van der Waals surface area contributed by atoms with Crippen molar-refractivity contribution in [2.24, 2.45) is 10.8 Å². The quantitative estimate of drug-likeness (QED) is 0.603. The minimum Gasteiger partial charge on any atom is -0.380 e. The first-order valence-corrected chi connectivity index (χ1v) is 12.0. The standard InChI is InChI=1S/C23H34N4O6/c1-3-4-10-26-17(28)12-18(29)27(21(26)32)16-5-7-22(2,8-6-16)13-25-14-23(9-11-33-15-23)19(30)24-20(25)31/h16H,3-15H2,1-2H3,(H,24,30,31). The summed E-state index contributed by atoms with van der Waals surface area (Å²) in [6.07, 6.45) is 4.66. The van der Waals surface area contributed by atoms with Gasteiger partial charge in [0, 0.05) is 32.3 Å². The Bertz CT molecular complexity index is 844. The molecule has 33 heavy (non-hydrogen) atoms. The smallest absolute Gasteiger partial charge is 0.333 e. The number of nitrogens with zero attached hydrogens (tertiary/aromatic N) is 3. The summed E-state index contributed by atoms with van der Waals surface area (Å²) in [5.74, 6) is -1.08. The van der Waals surface area contributed by atoms with Crippen molar-refractivity contribution in [2.75, 3.05) is 32.8 Å². The van der Waals surface area contributed by atoms with Crippen LogP contribution in [0.5, 0.6) is 0 Å². The number of ether oxygens (including phenoxy) is 1. The van der Waals surface area contributed by atoms with Gasteiger partial charge in [0.25, 0.3) is 0 Å². The molecule has 0 aromatic rings. The molecule has 1 unspecified atom stereocenters. The number of imide groups is 3. The molecular weight excluding hydrogens is 428 g/mol. The number of hydrogen-bond donors (Lipinski definition) is 1. The summed E-state index contributed by atoms with van der Waals surface area (Å²) in [5, 5.41) is 2.50. The monoisotopic (exact) mass is 462 g/mol. The third-order valence-corrected chi connectivity index (χ3v) is 7.73. The molecule has 7 amide bonds. The highest BCUT2D eigenvalue weighted by atomic mass is 16.5. The second-order valence-electron chi connectivity index (χ2n) is 10.4. The third-order valence-electron chi connectivity index (χ3n) is 7.73. The van der Waals surface area contributed by atoms with Crippen molar-refractivity contribution in [1.29, 1.82) is 0 Å². The van der Waals surface area contributed by atoms with Gasteiger partial charge in [-0.3, -0.25) is 29.5 Å². The first-order valence-electron chi connectivity index (χ1n) is 12.0. The Morgan fingerprint density at radius 3 is 2.42 bits per heavy atom. The van der Waals surface area contributed by atoms with Gasteiger partial charge in [0.15, 0.2) is 0 Å². The number of nitrogens with one attached hydrogen (secondary N) is 1.